The Balaban J connectivity index is 2.01. The third kappa shape index (κ3) is 3.96. The largest absolute Gasteiger partial charge is 0.417 e. The van der Waals surface area contributed by atoms with Crippen molar-refractivity contribution < 1.29 is 22.0 Å². The molecule has 2 N–H and O–H groups in total. The minimum Gasteiger partial charge on any atom is -0.394 e. The van der Waals surface area contributed by atoms with Crippen LogP contribution in [0.25, 0.3) is 0 Å². The Hall–Kier alpha value is -1.64. The number of likely N-dealkylation sites (tertiary alicyclic amines) is 1. The minimum atomic E-state index is -4.60. The molecule has 2 heterocycles. The van der Waals surface area contributed by atoms with Crippen molar-refractivity contribution in [2.45, 2.75) is 31.5 Å². The number of nitrogens with two attached hydrogens (primary N) is 1. The second kappa shape index (κ2) is 5.86. The SMILES string of the molecule is Nc1cc(C(F)(F)F)cn(CCCN2CCC(F)(F)C2)c1=O. The lowest BCUT2D eigenvalue weighted by Crippen LogP contribution is -2.29. The fraction of sp³-hybridized carbons (Fsp3) is 0.615. The van der Waals surface area contributed by atoms with Gasteiger partial charge >= 0.3 is 6.18 Å². The topological polar surface area (TPSA) is 51.3 Å². The highest BCUT2D eigenvalue weighted by molar-refractivity contribution is 5.38. The number of nitrogens with zero attached hydrogens (tertiary/aromatic N) is 2. The number of hydrogen-bond donors (Lipinski definition) is 1. The number of rotatable bonds is 4. The summed E-state index contributed by atoms with van der Waals surface area (Å²) in [5.74, 6) is -2.71. The van der Waals surface area contributed by atoms with E-state index in [1.807, 2.05) is 0 Å². The van der Waals surface area contributed by atoms with Gasteiger partial charge in [-0.25, -0.2) is 8.78 Å². The predicted octanol–water partition coefficient (Wildman–Crippen LogP) is 2.18. The summed E-state index contributed by atoms with van der Waals surface area (Å²) in [4.78, 5) is 13.2. The lowest BCUT2D eigenvalue weighted by molar-refractivity contribution is -0.138. The van der Waals surface area contributed by atoms with E-state index in [-0.39, 0.29) is 39.0 Å². The molecule has 0 aromatic carbocycles. The number of halogens is 5. The maximum Gasteiger partial charge on any atom is 0.417 e. The van der Waals surface area contributed by atoms with Crippen molar-refractivity contribution in [3.8, 4) is 0 Å². The molecule has 0 bridgehead atoms. The van der Waals surface area contributed by atoms with Crippen LogP contribution in [0.3, 0.4) is 0 Å². The van der Waals surface area contributed by atoms with Crippen LogP contribution in [0.1, 0.15) is 18.4 Å². The molecule has 0 radical (unpaired) electrons. The lowest BCUT2D eigenvalue weighted by atomic mass is 10.2. The van der Waals surface area contributed by atoms with Crippen LogP contribution in [0.5, 0.6) is 0 Å². The summed E-state index contributed by atoms with van der Waals surface area (Å²) in [5, 5.41) is 0. The summed E-state index contributed by atoms with van der Waals surface area (Å²) in [6, 6.07) is 0.597. The standard InChI is InChI=1S/C13H16F5N3O/c14-12(15)2-5-20(8-12)3-1-4-21-7-9(13(16,17)18)6-10(19)11(21)22/h6-7H,1-5,8,19H2. The zero-order valence-electron chi connectivity index (χ0n) is 11.7. The van der Waals surface area contributed by atoms with Gasteiger partial charge in [-0.2, -0.15) is 13.2 Å². The van der Waals surface area contributed by atoms with Crippen LogP contribution in [0.4, 0.5) is 27.6 Å². The molecule has 1 aromatic rings. The molecule has 2 rings (SSSR count). The molecule has 0 spiro atoms. The highest BCUT2D eigenvalue weighted by atomic mass is 19.4. The van der Waals surface area contributed by atoms with Gasteiger partial charge in [0.15, 0.2) is 0 Å². The van der Waals surface area contributed by atoms with E-state index < -0.39 is 28.9 Å². The average molecular weight is 325 g/mol. The second-order valence-corrected chi connectivity index (χ2v) is 5.42. The first-order valence-electron chi connectivity index (χ1n) is 6.76. The normalized spacial score (nSPS) is 18.8. The second-order valence-electron chi connectivity index (χ2n) is 5.42. The van der Waals surface area contributed by atoms with Gasteiger partial charge < -0.3 is 10.3 Å². The summed E-state index contributed by atoms with van der Waals surface area (Å²) >= 11 is 0. The average Bonchev–Trinajstić information content (AvgIpc) is 2.72. The van der Waals surface area contributed by atoms with E-state index in [2.05, 4.69) is 0 Å². The summed E-state index contributed by atoms with van der Waals surface area (Å²) in [7, 11) is 0. The molecule has 0 unspecified atom stereocenters. The third-order valence-electron chi connectivity index (χ3n) is 3.56. The highest BCUT2D eigenvalue weighted by Gasteiger charge is 2.37. The minimum absolute atomic E-state index is 0.00494. The quantitative estimate of drug-likeness (QED) is 0.864. The first kappa shape index (κ1) is 16.7. The van der Waals surface area contributed by atoms with Crippen molar-refractivity contribution in [3.63, 3.8) is 0 Å². The molecular weight excluding hydrogens is 309 g/mol. The van der Waals surface area contributed by atoms with Crippen molar-refractivity contribution in [2.24, 2.45) is 0 Å². The zero-order valence-corrected chi connectivity index (χ0v) is 11.7. The van der Waals surface area contributed by atoms with Crippen LogP contribution in [0.15, 0.2) is 17.1 Å². The van der Waals surface area contributed by atoms with E-state index >= 15 is 0 Å². The van der Waals surface area contributed by atoms with Crippen LogP contribution in [-0.4, -0.2) is 35.0 Å². The maximum absolute atomic E-state index is 13.0. The van der Waals surface area contributed by atoms with Gasteiger partial charge in [-0.15, -0.1) is 0 Å². The summed E-state index contributed by atoms with van der Waals surface area (Å²) in [5.41, 5.74) is 3.11. The molecule has 0 amide bonds. The molecule has 1 fully saturated rings. The number of aryl methyl sites for hydroxylation is 1. The van der Waals surface area contributed by atoms with Crippen molar-refractivity contribution in [1.82, 2.24) is 9.47 Å². The Morgan fingerprint density at radius 2 is 1.95 bits per heavy atom. The highest BCUT2D eigenvalue weighted by Crippen LogP contribution is 2.29. The van der Waals surface area contributed by atoms with Crippen molar-refractivity contribution in [3.05, 3.63) is 28.2 Å². The van der Waals surface area contributed by atoms with Gasteiger partial charge in [-0.05, 0) is 12.5 Å². The smallest absolute Gasteiger partial charge is 0.394 e. The van der Waals surface area contributed by atoms with E-state index in [4.69, 9.17) is 5.73 Å². The Kier molecular flexibility index (Phi) is 4.46. The molecule has 0 aliphatic carbocycles. The summed E-state index contributed by atoms with van der Waals surface area (Å²) < 4.78 is 64.9. The van der Waals surface area contributed by atoms with Gasteiger partial charge in [0, 0.05) is 32.3 Å². The molecular formula is C13H16F5N3O. The Morgan fingerprint density at radius 1 is 1.27 bits per heavy atom. The summed E-state index contributed by atoms with van der Waals surface area (Å²) in [6.45, 7) is 0.173. The molecule has 1 aliphatic rings. The van der Waals surface area contributed by atoms with Gasteiger partial charge in [0.1, 0.15) is 0 Å². The van der Waals surface area contributed by atoms with E-state index in [0.717, 1.165) is 4.57 Å². The Labute approximate surface area is 123 Å². The molecule has 1 aromatic heterocycles. The van der Waals surface area contributed by atoms with E-state index in [9.17, 15) is 26.7 Å². The van der Waals surface area contributed by atoms with E-state index in [0.29, 0.717) is 12.3 Å². The van der Waals surface area contributed by atoms with Crippen molar-refractivity contribution in [1.29, 1.82) is 0 Å². The molecule has 1 saturated heterocycles. The van der Waals surface area contributed by atoms with Gasteiger partial charge in [0.25, 0.3) is 11.5 Å². The van der Waals surface area contributed by atoms with Crippen molar-refractivity contribution in [2.75, 3.05) is 25.4 Å². The van der Waals surface area contributed by atoms with Crippen LogP contribution in [0.2, 0.25) is 0 Å². The number of pyridine rings is 1. The number of nitrogen functional groups attached to an aromatic ring is 1. The number of anilines is 1. The predicted molar refractivity (Wildman–Crippen MR) is 70.7 cm³/mol. The number of alkyl halides is 5. The van der Waals surface area contributed by atoms with Crippen LogP contribution < -0.4 is 11.3 Å². The monoisotopic (exact) mass is 325 g/mol. The fourth-order valence-electron chi connectivity index (χ4n) is 2.44. The first-order valence-corrected chi connectivity index (χ1v) is 6.76. The lowest BCUT2D eigenvalue weighted by Gasteiger charge is -2.16. The van der Waals surface area contributed by atoms with Gasteiger partial charge in [-0.3, -0.25) is 9.69 Å². The Morgan fingerprint density at radius 3 is 2.50 bits per heavy atom. The summed E-state index contributed by atoms with van der Waals surface area (Å²) in [6.07, 6.45) is -3.82. The molecule has 4 nitrogen and oxygen atoms in total. The zero-order chi connectivity index (χ0) is 16.5. The molecule has 1 aliphatic heterocycles. The molecule has 124 valence electrons. The van der Waals surface area contributed by atoms with Crippen molar-refractivity contribution >= 4 is 5.69 Å². The van der Waals surface area contributed by atoms with Gasteiger partial charge in [0.05, 0.1) is 17.8 Å². The molecule has 9 heteroatoms. The maximum atomic E-state index is 13.0. The molecule has 0 atom stereocenters. The molecule has 0 saturated carbocycles. The van der Waals surface area contributed by atoms with Gasteiger partial charge in [-0.1, -0.05) is 0 Å². The number of hydrogen-bond acceptors (Lipinski definition) is 3. The first-order chi connectivity index (χ1) is 10.1. The fourth-order valence-corrected chi connectivity index (χ4v) is 2.44. The van der Waals surface area contributed by atoms with Crippen LogP contribution >= 0.6 is 0 Å². The Bertz CT molecular complexity index is 596. The molecule has 22 heavy (non-hydrogen) atoms. The van der Waals surface area contributed by atoms with E-state index in [1.165, 1.54) is 4.90 Å². The van der Waals surface area contributed by atoms with Gasteiger partial charge in [0.2, 0.25) is 0 Å². The van der Waals surface area contributed by atoms with Crippen LogP contribution in [0, 0.1) is 0 Å². The third-order valence-corrected chi connectivity index (χ3v) is 3.56. The number of aromatic nitrogens is 1. The van der Waals surface area contributed by atoms with Crippen LogP contribution in [-0.2, 0) is 12.7 Å². The van der Waals surface area contributed by atoms with E-state index in [1.54, 1.807) is 0 Å².